The zero-order valence-electron chi connectivity index (χ0n) is 14.3. The molecule has 4 rings (SSSR count). The summed E-state index contributed by atoms with van der Waals surface area (Å²) in [6.07, 6.45) is 4.63. The Kier molecular flexibility index (Phi) is 3.45. The van der Waals surface area contributed by atoms with Crippen molar-refractivity contribution in [1.82, 2.24) is 14.3 Å². The molecule has 2 aromatic rings. The topological polar surface area (TPSA) is 46.8 Å². The van der Waals surface area contributed by atoms with Gasteiger partial charge in [-0.05, 0) is 29.9 Å². The van der Waals surface area contributed by atoms with E-state index in [-0.39, 0.29) is 16.7 Å². The van der Waals surface area contributed by atoms with Crippen molar-refractivity contribution in [2.45, 2.75) is 20.3 Å². The lowest BCUT2D eigenvalue weighted by Gasteiger charge is -2.56. The van der Waals surface area contributed by atoms with Crippen LogP contribution in [-0.2, 0) is 4.74 Å². The molecule has 5 nitrogen and oxygen atoms in total. The lowest BCUT2D eigenvalue weighted by Crippen LogP contribution is -2.55. The van der Waals surface area contributed by atoms with E-state index in [0.29, 0.717) is 23.2 Å². The molecule has 2 aliphatic rings. The van der Waals surface area contributed by atoms with Gasteiger partial charge < -0.3 is 14.0 Å². The van der Waals surface area contributed by atoms with Crippen LogP contribution < -0.4 is 0 Å². The molecule has 24 heavy (non-hydrogen) atoms. The standard InChI is InChI=1S/C18H22ClN3O2/c1-17(2)9-18(11-24-3)10-22(8-14(17)18)16(23)13-7-21-6-12(19)4-5-15(21)20-13/h4-7,14H,8-11H2,1-3H3/t14-,18-/m1/s1. The minimum absolute atomic E-state index is 0.00417. The number of amides is 1. The summed E-state index contributed by atoms with van der Waals surface area (Å²) < 4.78 is 7.27. The molecule has 0 radical (unpaired) electrons. The van der Waals surface area contributed by atoms with E-state index in [4.69, 9.17) is 16.3 Å². The van der Waals surface area contributed by atoms with Crippen LogP contribution in [0.25, 0.3) is 5.65 Å². The molecular weight excluding hydrogens is 326 g/mol. The highest BCUT2D eigenvalue weighted by molar-refractivity contribution is 6.30. The summed E-state index contributed by atoms with van der Waals surface area (Å²) in [7, 11) is 1.74. The molecule has 128 valence electrons. The number of fused-ring (bicyclic) bond motifs is 2. The molecule has 1 aliphatic heterocycles. The Morgan fingerprint density at radius 2 is 2.21 bits per heavy atom. The van der Waals surface area contributed by atoms with Crippen molar-refractivity contribution in [3.05, 3.63) is 35.2 Å². The number of hydrogen-bond donors (Lipinski definition) is 0. The van der Waals surface area contributed by atoms with E-state index in [9.17, 15) is 4.79 Å². The molecule has 2 atom stereocenters. The van der Waals surface area contributed by atoms with Gasteiger partial charge in [-0.2, -0.15) is 0 Å². The molecule has 0 bridgehead atoms. The Morgan fingerprint density at radius 1 is 1.42 bits per heavy atom. The molecule has 0 unspecified atom stereocenters. The van der Waals surface area contributed by atoms with Gasteiger partial charge in [-0.3, -0.25) is 4.79 Å². The summed E-state index contributed by atoms with van der Waals surface area (Å²) in [6.45, 7) is 6.82. The number of halogens is 1. The van der Waals surface area contributed by atoms with E-state index in [0.717, 1.165) is 25.2 Å². The predicted molar refractivity (Wildman–Crippen MR) is 92.3 cm³/mol. The monoisotopic (exact) mass is 347 g/mol. The molecule has 0 aromatic carbocycles. The van der Waals surface area contributed by atoms with Crippen LogP contribution in [0.1, 0.15) is 30.8 Å². The minimum atomic E-state index is -0.00417. The van der Waals surface area contributed by atoms with E-state index in [1.165, 1.54) is 0 Å². The maximum absolute atomic E-state index is 13.0. The second-order valence-electron chi connectivity index (χ2n) is 7.94. The molecular formula is C18H22ClN3O2. The fraction of sp³-hybridized carbons (Fsp3) is 0.556. The van der Waals surface area contributed by atoms with Gasteiger partial charge in [0.15, 0.2) is 0 Å². The smallest absolute Gasteiger partial charge is 0.274 e. The zero-order chi connectivity index (χ0) is 17.1. The number of carbonyl (C=O) groups is 1. The van der Waals surface area contributed by atoms with Gasteiger partial charge in [-0.25, -0.2) is 4.98 Å². The number of pyridine rings is 1. The average Bonchev–Trinajstić information content (AvgIpc) is 3.06. The molecule has 0 N–H and O–H groups in total. The molecule has 2 aromatic heterocycles. The molecule has 1 saturated carbocycles. The lowest BCUT2D eigenvalue weighted by molar-refractivity contribution is -0.107. The van der Waals surface area contributed by atoms with E-state index in [2.05, 4.69) is 18.8 Å². The van der Waals surface area contributed by atoms with E-state index >= 15 is 0 Å². The molecule has 2 fully saturated rings. The summed E-state index contributed by atoms with van der Waals surface area (Å²) in [5.74, 6) is 0.482. The summed E-state index contributed by atoms with van der Waals surface area (Å²) >= 11 is 6.01. The van der Waals surface area contributed by atoms with E-state index in [1.54, 1.807) is 30.0 Å². The van der Waals surface area contributed by atoms with Gasteiger partial charge in [0.1, 0.15) is 11.3 Å². The van der Waals surface area contributed by atoms with Gasteiger partial charge >= 0.3 is 0 Å². The van der Waals surface area contributed by atoms with Gasteiger partial charge in [-0.1, -0.05) is 25.4 Å². The summed E-state index contributed by atoms with van der Waals surface area (Å²) in [5, 5.41) is 0.624. The molecule has 6 heteroatoms. The van der Waals surface area contributed by atoms with Crippen LogP contribution in [0.3, 0.4) is 0 Å². The second-order valence-corrected chi connectivity index (χ2v) is 8.37. The third-order valence-corrected chi connectivity index (χ3v) is 5.98. The molecule has 3 heterocycles. The van der Waals surface area contributed by atoms with Crippen LogP contribution in [0.4, 0.5) is 0 Å². The van der Waals surface area contributed by atoms with Gasteiger partial charge in [-0.15, -0.1) is 0 Å². The Morgan fingerprint density at radius 3 is 2.92 bits per heavy atom. The summed E-state index contributed by atoms with van der Waals surface area (Å²) in [4.78, 5) is 19.4. The van der Waals surface area contributed by atoms with Crippen LogP contribution in [0, 0.1) is 16.7 Å². The molecule has 1 saturated heterocycles. The number of nitrogens with zero attached hydrogens (tertiary/aromatic N) is 3. The Bertz CT molecular complexity index is 816. The van der Waals surface area contributed by atoms with Crippen LogP contribution in [-0.4, -0.2) is 47.0 Å². The quantitative estimate of drug-likeness (QED) is 0.857. The first kappa shape index (κ1) is 15.9. The number of likely N-dealkylation sites (tertiary alicyclic amines) is 1. The highest BCUT2D eigenvalue weighted by Crippen LogP contribution is 2.62. The first-order valence-corrected chi connectivity index (χ1v) is 8.65. The third-order valence-electron chi connectivity index (χ3n) is 5.75. The average molecular weight is 348 g/mol. The highest BCUT2D eigenvalue weighted by Gasteiger charge is 2.63. The number of hydrogen-bond acceptors (Lipinski definition) is 3. The van der Waals surface area contributed by atoms with Crippen molar-refractivity contribution < 1.29 is 9.53 Å². The number of carbonyl (C=O) groups excluding carboxylic acids is 1. The Balaban J connectivity index is 1.60. The van der Waals surface area contributed by atoms with Crippen LogP contribution in [0.15, 0.2) is 24.5 Å². The van der Waals surface area contributed by atoms with Gasteiger partial charge in [0, 0.05) is 38.0 Å². The van der Waals surface area contributed by atoms with E-state index in [1.807, 2.05) is 11.0 Å². The Hall–Kier alpha value is -1.59. The van der Waals surface area contributed by atoms with Crippen molar-refractivity contribution in [2.75, 3.05) is 26.8 Å². The molecule has 1 aliphatic carbocycles. The maximum Gasteiger partial charge on any atom is 0.274 e. The van der Waals surface area contributed by atoms with Crippen molar-refractivity contribution in [3.8, 4) is 0 Å². The number of rotatable bonds is 3. The SMILES string of the molecule is COC[C@@]12CN(C(=O)c3cn4cc(Cl)ccc4n3)C[C@@H]1C(C)(C)C2. The second kappa shape index (κ2) is 5.20. The number of ether oxygens (including phenoxy) is 1. The Labute approximate surface area is 146 Å². The molecule has 0 spiro atoms. The van der Waals surface area contributed by atoms with Crippen molar-refractivity contribution >= 4 is 23.2 Å². The first-order chi connectivity index (χ1) is 11.3. The van der Waals surface area contributed by atoms with E-state index < -0.39 is 0 Å². The van der Waals surface area contributed by atoms with Crippen molar-refractivity contribution in [3.63, 3.8) is 0 Å². The van der Waals surface area contributed by atoms with Gasteiger partial charge in [0.25, 0.3) is 5.91 Å². The fourth-order valence-electron chi connectivity index (χ4n) is 4.99. The van der Waals surface area contributed by atoms with Gasteiger partial charge in [0.05, 0.1) is 11.6 Å². The normalized spacial score (nSPS) is 28.0. The van der Waals surface area contributed by atoms with Crippen molar-refractivity contribution in [1.29, 1.82) is 0 Å². The number of imidazole rings is 1. The zero-order valence-corrected chi connectivity index (χ0v) is 15.0. The van der Waals surface area contributed by atoms with Crippen LogP contribution in [0.2, 0.25) is 5.02 Å². The minimum Gasteiger partial charge on any atom is -0.384 e. The molecule has 1 amide bonds. The first-order valence-electron chi connectivity index (χ1n) is 8.27. The van der Waals surface area contributed by atoms with Crippen LogP contribution >= 0.6 is 11.6 Å². The predicted octanol–water partition coefficient (Wildman–Crippen LogP) is 3.12. The lowest BCUT2D eigenvalue weighted by atomic mass is 9.48. The highest BCUT2D eigenvalue weighted by atomic mass is 35.5. The largest absolute Gasteiger partial charge is 0.384 e. The number of aromatic nitrogens is 2. The van der Waals surface area contributed by atoms with Crippen LogP contribution in [0.5, 0.6) is 0 Å². The third kappa shape index (κ3) is 2.25. The van der Waals surface area contributed by atoms with Crippen molar-refractivity contribution in [2.24, 2.45) is 16.7 Å². The fourth-order valence-corrected chi connectivity index (χ4v) is 5.16. The summed E-state index contributed by atoms with van der Waals surface area (Å²) in [6, 6.07) is 3.60. The van der Waals surface area contributed by atoms with Gasteiger partial charge in [0.2, 0.25) is 0 Å². The summed E-state index contributed by atoms with van der Waals surface area (Å²) in [5.41, 5.74) is 1.58. The maximum atomic E-state index is 13.0. The number of methoxy groups -OCH3 is 1.